The van der Waals surface area contributed by atoms with E-state index in [-0.39, 0.29) is 0 Å². The second-order valence-electron chi connectivity index (χ2n) is 5.32. The van der Waals surface area contributed by atoms with Crippen molar-refractivity contribution in [2.24, 2.45) is 5.92 Å². The Bertz CT molecular complexity index is 380. The fraction of sp³-hybridized carbons (Fsp3) is 0.786. The summed E-state index contributed by atoms with van der Waals surface area (Å²) in [5, 5.41) is 4.16. The summed E-state index contributed by atoms with van der Waals surface area (Å²) in [6.45, 7) is 2.96. The van der Waals surface area contributed by atoms with Crippen molar-refractivity contribution in [3.8, 4) is 0 Å². The summed E-state index contributed by atoms with van der Waals surface area (Å²) >= 11 is 0. The Morgan fingerprint density at radius 1 is 1.39 bits per heavy atom. The number of carbonyl (C=O) groups excluding carboxylic acids is 1. The number of rotatable bonds is 6. The first-order valence-electron chi connectivity index (χ1n) is 7.18. The highest BCUT2D eigenvalue weighted by molar-refractivity contribution is 5.80. The van der Waals surface area contributed by atoms with Gasteiger partial charge in [-0.1, -0.05) is 39.0 Å². The van der Waals surface area contributed by atoms with Crippen LogP contribution in [0, 0.1) is 5.92 Å². The van der Waals surface area contributed by atoms with Crippen molar-refractivity contribution in [2.45, 2.75) is 64.8 Å². The van der Waals surface area contributed by atoms with E-state index in [1.165, 1.54) is 32.1 Å². The number of hydrogen-bond acceptors (Lipinski definition) is 3. The minimum absolute atomic E-state index is 0.326. The lowest BCUT2D eigenvalue weighted by Gasteiger charge is -2.20. The van der Waals surface area contributed by atoms with E-state index in [0.717, 1.165) is 25.2 Å². The predicted molar refractivity (Wildman–Crippen MR) is 70.2 cm³/mol. The molecule has 4 nitrogen and oxygen atoms in total. The van der Waals surface area contributed by atoms with E-state index in [0.29, 0.717) is 18.1 Å². The predicted octanol–water partition coefficient (Wildman–Crippen LogP) is 2.77. The molecule has 0 atom stereocenters. The van der Waals surface area contributed by atoms with Gasteiger partial charge in [0.25, 0.3) is 0 Å². The highest BCUT2D eigenvalue weighted by atomic mass is 16.1. The van der Waals surface area contributed by atoms with Gasteiger partial charge >= 0.3 is 0 Å². The summed E-state index contributed by atoms with van der Waals surface area (Å²) in [5.74, 6) is 1.78. The highest BCUT2D eigenvalue weighted by Crippen LogP contribution is 2.26. The van der Waals surface area contributed by atoms with Crippen molar-refractivity contribution in [3.05, 3.63) is 12.2 Å². The average Bonchev–Trinajstić information content (AvgIpc) is 2.78. The molecular weight excluding hydrogens is 226 g/mol. The molecule has 1 aromatic rings. The monoisotopic (exact) mass is 249 g/mol. The number of aromatic nitrogens is 3. The molecule has 0 amide bonds. The molecular formula is C14H23N3O. The van der Waals surface area contributed by atoms with E-state index in [1.54, 1.807) is 6.33 Å². The van der Waals surface area contributed by atoms with Gasteiger partial charge < -0.3 is 0 Å². The van der Waals surface area contributed by atoms with Crippen molar-refractivity contribution in [1.82, 2.24) is 14.8 Å². The minimum atomic E-state index is 0.326. The Kier molecular flexibility index (Phi) is 4.90. The van der Waals surface area contributed by atoms with Crippen LogP contribution in [0.25, 0.3) is 0 Å². The van der Waals surface area contributed by atoms with E-state index in [1.807, 2.05) is 4.68 Å². The van der Waals surface area contributed by atoms with E-state index in [2.05, 4.69) is 17.0 Å². The average molecular weight is 249 g/mol. The van der Waals surface area contributed by atoms with Crippen molar-refractivity contribution < 1.29 is 4.79 Å². The lowest BCUT2D eigenvalue weighted by molar-refractivity contribution is -0.119. The Morgan fingerprint density at radius 3 is 2.89 bits per heavy atom. The van der Waals surface area contributed by atoms with Gasteiger partial charge in [0.2, 0.25) is 0 Å². The second-order valence-corrected chi connectivity index (χ2v) is 5.32. The van der Waals surface area contributed by atoms with Crippen LogP contribution in [0.15, 0.2) is 6.33 Å². The molecule has 1 fully saturated rings. The fourth-order valence-electron chi connectivity index (χ4n) is 2.79. The maximum absolute atomic E-state index is 12.1. The summed E-state index contributed by atoms with van der Waals surface area (Å²) in [5.41, 5.74) is 0. The smallest absolute Gasteiger partial charge is 0.140 e. The quantitative estimate of drug-likeness (QED) is 0.779. The molecule has 4 heteroatoms. The summed E-state index contributed by atoms with van der Waals surface area (Å²) in [7, 11) is 0. The number of hydrogen-bond donors (Lipinski definition) is 0. The van der Waals surface area contributed by atoms with Crippen LogP contribution in [0.3, 0.4) is 0 Å². The van der Waals surface area contributed by atoms with Gasteiger partial charge in [0.15, 0.2) is 0 Å². The largest absolute Gasteiger partial charge is 0.299 e. The van der Waals surface area contributed by atoms with Crippen LogP contribution >= 0.6 is 0 Å². The number of aryl methyl sites for hydroxylation is 1. The minimum Gasteiger partial charge on any atom is -0.299 e. The van der Waals surface area contributed by atoms with Crippen molar-refractivity contribution in [3.63, 3.8) is 0 Å². The zero-order chi connectivity index (χ0) is 12.8. The summed E-state index contributed by atoms with van der Waals surface area (Å²) in [6, 6.07) is 0. The molecule has 0 radical (unpaired) electrons. The van der Waals surface area contributed by atoms with Crippen LogP contribution in [-0.4, -0.2) is 20.5 Å². The number of Topliss-reactive ketones (excluding diaryl/α,β-unsaturated/α-hetero) is 1. The van der Waals surface area contributed by atoms with Gasteiger partial charge in [0.1, 0.15) is 17.9 Å². The Hall–Kier alpha value is -1.19. The molecule has 100 valence electrons. The first kappa shape index (κ1) is 13.2. The van der Waals surface area contributed by atoms with Crippen molar-refractivity contribution >= 4 is 5.78 Å². The normalized spacial score (nSPS) is 16.9. The molecule has 1 saturated carbocycles. The van der Waals surface area contributed by atoms with Crippen molar-refractivity contribution in [1.29, 1.82) is 0 Å². The Balaban J connectivity index is 1.84. The van der Waals surface area contributed by atoms with E-state index >= 15 is 0 Å². The molecule has 0 aliphatic heterocycles. The number of carbonyl (C=O) groups is 1. The number of nitrogens with zero attached hydrogens (tertiary/aromatic N) is 3. The van der Waals surface area contributed by atoms with Gasteiger partial charge in [0.05, 0.1) is 6.42 Å². The van der Waals surface area contributed by atoms with Gasteiger partial charge in [-0.15, -0.1) is 0 Å². The molecule has 1 aliphatic carbocycles. The van der Waals surface area contributed by atoms with Gasteiger partial charge in [-0.25, -0.2) is 9.67 Å². The SMILES string of the molecule is CCCn1ncnc1CC(=O)CC1CCCCC1. The number of ketones is 1. The lowest BCUT2D eigenvalue weighted by atomic mass is 9.85. The van der Waals surface area contributed by atoms with Crippen LogP contribution < -0.4 is 0 Å². The molecule has 0 saturated heterocycles. The molecule has 0 unspecified atom stereocenters. The Labute approximate surface area is 109 Å². The topological polar surface area (TPSA) is 47.8 Å². The molecule has 0 N–H and O–H groups in total. The highest BCUT2D eigenvalue weighted by Gasteiger charge is 2.18. The van der Waals surface area contributed by atoms with Crippen LogP contribution in [0.2, 0.25) is 0 Å². The third-order valence-electron chi connectivity index (χ3n) is 3.73. The fourth-order valence-corrected chi connectivity index (χ4v) is 2.79. The zero-order valence-electron chi connectivity index (χ0n) is 11.3. The lowest BCUT2D eigenvalue weighted by Crippen LogP contribution is -2.16. The van der Waals surface area contributed by atoms with Crippen LogP contribution in [0.4, 0.5) is 0 Å². The van der Waals surface area contributed by atoms with E-state index in [4.69, 9.17) is 0 Å². The molecule has 0 bridgehead atoms. The standard InChI is InChI=1S/C14H23N3O/c1-2-8-17-14(15-11-16-17)10-13(18)9-12-6-4-3-5-7-12/h11-12H,2-10H2,1H3. The van der Waals surface area contributed by atoms with Crippen LogP contribution in [0.5, 0.6) is 0 Å². The van der Waals surface area contributed by atoms with E-state index in [9.17, 15) is 4.79 Å². The zero-order valence-corrected chi connectivity index (χ0v) is 11.3. The summed E-state index contributed by atoms with van der Waals surface area (Å²) in [6.07, 6.45) is 10.2. The molecule has 2 rings (SSSR count). The molecule has 1 aromatic heterocycles. The third-order valence-corrected chi connectivity index (χ3v) is 3.73. The Morgan fingerprint density at radius 2 is 2.17 bits per heavy atom. The maximum Gasteiger partial charge on any atom is 0.140 e. The van der Waals surface area contributed by atoms with Gasteiger partial charge in [-0.05, 0) is 12.3 Å². The maximum atomic E-state index is 12.1. The molecule has 1 aliphatic rings. The van der Waals surface area contributed by atoms with Gasteiger partial charge in [-0.2, -0.15) is 5.10 Å². The summed E-state index contributed by atoms with van der Waals surface area (Å²) < 4.78 is 1.86. The third kappa shape index (κ3) is 3.65. The molecule has 0 spiro atoms. The van der Waals surface area contributed by atoms with Crippen LogP contribution in [0.1, 0.15) is 57.7 Å². The first-order valence-corrected chi connectivity index (χ1v) is 7.18. The van der Waals surface area contributed by atoms with Gasteiger partial charge in [-0.3, -0.25) is 4.79 Å². The van der Waals surface area contributed by atoms with Crippen molar-refractivity contribution in [2.75, 3.05) is 0 Å². The van der Waals surface area contributed by atoms with Gasteiger partial charge in [0, 0.05) is 13.0 Å². The second kappa shape index (κ2) is 6.66. The molecule has 1 heterocycles. The summed E-state index contributed by atoms with van der Waals surface area (Å²) in [4.78, 5) is 16.3. The van der Waals surface area contributed by atoms with Crippen LogP contribution in [-0.2, 0) is 17.8 Å². The molecule has 0 aromatic carbocycles. The first-order chi connectivity index (χ1) is 8.79. The van der Waals surface area contributed by atoms with E-state index < -0.39 is 0 Å². The molecule has 18 heavy (non-hydrogen) atoms.